The molecule has 0 radical (unpaired) electrons. The van der Waals surface area contributed by atoms with Crippen LogP contribution in [0.4, 0.5) is 0 Å². The van der Waals surface area contributed by atoms with Crippen LogP contribution in [0.3, 0.4) is 0 Å². The summed E-state index contributed by atoms with van der Waals surface area (Å²) in [4.78, 5) is 16.6. The van der Waals surface area contributed by atoms with Crippen LogP contribution in [0, 0.1) is 5.92 Å². The molecule has 2 atom stereocenters. The molecular formula is C14H27N3O2. The Kier molecular flexibility index (Phi) is 4.48. The van der Waals surface area contributed by atoms with E-state index in [4.69, 9.17) is 10.5 Å². The van der Waals surface area contributed by atoms with Crippen molar-refractivity contribution in [1.82, 2.24) is 9.80 Å². The minimum Gasteiger partial charge on any atom is -0.468 e. The number of likely N-dealkylation sites (N-methyl/N-ethyl adjacent to an activating group) is 2. The van der Waals surface area contributed by atoms with E-state index < -0.39 is 5.54 Å². The first-order valence-corrected chi connectivity index (χ1v) is 7.23. The Bertz CT molecular complexity index is 333. The molecule has 1 heterocycles. The van der Waals surface area contributed by atoms with Gasteiger partial charge in [0.1, 0.15) is 5.54 Å². The number of carbonyl (C=O) groups excluding carboxylic acids is 1. The number of piperidine rings is 1. The lowest BCUT2D eigenvalue weighted by Gasteiger charge is -2.39. The van der Waals surface area contributed by atoms with Crippen LogP contribution in [0.5, 0.6) is 0 Å². The Hall–Kier alpha value is -0.650. The summed E-state index contributed by atoms with van der Waals surface area (Å²) in [5, 5.41) is 0. The molecule has 1 saturated heterocycles. The summed E-state index contributed by atoms with van der Waals surface area (Å²) in [6.45, 7) is 2.82. The van der Waals surface area contributed by atoms with Gasteiger partial charge in [0.15, 0.2) is 0 Å². The Morgan fingerprint density at radius 3 is 2.68 bits per heavy atom. The predicted octanol–water partition coefficient (Wildman–Crippen LogP) is 0.293. The maximum atomic E-state index is 12.0. The number of hydrogen-bond acceptors (Lipinski definition) is 5. The lowest BCUT2D eigenvalue weighted by Crippen LogP contribution is -2.60. The van der Waals surface area contributed by atoms with Gasteiger partial charge in [-0.05, 0) is 52.2 Å². The molecule has 5 nitrogen and oxygen atoms in total. The smallest absolute Gasteiger partial charge is 0.327 e. The van der Waals surface area contributed by atoms with Gasteiger partial charge in [0, 0.05) is 19.1 Å². The van der Waals surface area contributed by atoms with E-state index in [2.05, 4.69) is 23.9 Å². The second-order valence-corrected chi connectivity index (χ2v) is 6.28. The molecule has 2 fully saturated rings. The third kappa shape index (κ3) is 3.27. The lowest BCUT2D eigenvalue weighted by molar-refractivity contribution is -0.149. The summed E-state index contributed by atoms with van der Waals surface area (Å²) < 4.78 is 4.92. The van der Waals surface area contributed by atoms with Crippen molar-refractivity contribution >= 4 is 5.97 Å². The highest BCUT2D eigenvalue weighted by molar-refractivity contribution is 5.81. The van der Waals surface area contributed by atoms with Crippen molar-refractivity contribution in [2.24, 2.45) is 11.7 Å². The second kappa shape index (κ2) is 5.77. The van der Waals surface area contributed by atoms with Gasteiger partial charge in [0.2, 0.25) is 0 Å². The monoisotopic (exact) mass is 269 g/mol. The van der Waals surface area contributed by atoms with Crippen molar-refractivity contribution in [3.05, 3.63) is 0 Å². The predicted molar refractivity (Wildman–Crippen MR) is 74.8 cm³/mol. The van der Waals surface area contributed by atoms with Crippen LogP contribution in [-0.2, 0) is 9.53 Å². The van der Waals surface area contributed by atoms with E-state index in [1.165, 1.54) is 20.0 Å². The van der Waals surface area contributed by atoms with Gasteiger partial charge in [-0.15, -0.1) is 0 Å². The van der Waals surface area contributed by atoms with Crippen LogP contribution >= 0.6 is 0 Å². The molecule has 2 unspecified atom stereocenters. The number of carbonyl (C=O) groups is 1. The molecular weight excluding hydrogens is 242 g/mol. The number of hydrogen-bond donors (Lipinski definition) is 1. The minimum absolute atomic E-state index is 0.258. The Balaban J connectivity index is 1.98. The lowest BCUT2D eigenvalue weighted by atomic mass is 9.92. The van der Waals surface area contributed by atoms with Crippen LogP contribution in [0.25, 0.3) is 0 Å². The summed E-state index contributed by atoms with van der Waals surface area (Å²) in [5.74, 6) is 0.0368. The fourth-order valence-corrected chi connectivity index (χ4v) is 3.19. The largest absolute Gasteiger partial charge is 0.468 e. The van der Waals surface area contributed by atoms with Crippen LogP contribution in [-0.4, -0.2) is 68.2 Å². The first-order valence-electron chi connectivity index (χ1n) is 7.23. The molecule has 2 rings (SSSR count). The molecule has 0 aromatic rings. The van der Waals surface area contributed by atoms with E-state index in [-0.39, 0.29) is 5.97 Å². The van der Waals surface area contributed by atoms with Gasteiger partial charge in [-0.2, -0.15) is 0 Å². The molecule has 0 spiro atoms. The van der Waals surface area contributed by atoms with Crippen molar-refractivity contribution in [1.29, 1.82) is 0 Å². The number of nitrogens with two attached hydrogens (primary N) is 1. The number of ether oxygens (including phenoxy) is 1. The van der Waals surface area contributed by atoms with Gasteiger partial charge >= 0.3 is 5.97 Å². The fourth-order valence-electron chi connectivity index (χ4n) is 3.19. The van der Waals surface area contributed by atoms with E-state index in [1.807, 2.05) is 0 Å². The van der Waals surface area contributed by atoms with E-state index >= 15 is 0 Å². The highest BCUT2D eigenvalue weighted by Gasteiger charge is 2.50. The molecule has 1 aliphatic carbocycles. The third-order valence-corrected chi connectivity index (χ3v) is 4.61. The van der Waals surface area contributed by atoms with E-state index in [0.29, 0.717) is 18.5 Å². The number of esters is 1. The van der Waals surface area contributed by atoms with Crippen LogP contribution in [0.1, 0.15) is 25.7 Å². The van der Waals surface area contributed by atoms with Gasteiger partial charge in [-0.3, -0.25) is 9.69 Å². The van der Waals surface area contributed by atoms with Crippen LogP contribution in [0.15, 0.2) is 0 Å². The average molecular weight is 269 g/mol. The number of nitrogens with zero attached hydrogens (tertiary/aromatic N) is 2. The summed E-state index contributed by atoms with van der Waals surface area (Å²) in [7, 11) is 5.66. The minimum atomic E-state index is -0.820. The van der Waals surface area contributed by atoms with Crippen molar-refractivity contribution in [3.63, 3.8) is 0 Å². The van der Waals surface area contributed by atoms with Crippen LogP contribution in [0.2, 0.25) is 0 Å². The van der Waals surface area contributed by atoms with Crippen molar-refractivity contribution in [2.75, 3.05) is 40.8 Å². The van der Waals surface area contributed by atoms with Crippen molar-refractivity contribution in [2.45, 2.75) is 37.3 Å². The van der Waals surface area contributed by atoms with Gasteiger partial charge in [0.05, 0.1) is 7.11 Å². The molecule has 1 aliphatic heterocycles. The third-order valence-electron chi connectivity index (χ3n) is 4.61. The number of methoxy groups -OCH3 is 1. The number of likely N-dealkylation sites (tertiary alicyclic amines) is 1. The summed E-state index contributed by atoms with van der Waals surface area (Å²) in [6, 6.07) is 0.491. The topological polar surface area (TPSA) is 58.8 Å². The van der Waals surface area contributed by atoms with Gasteiger partial charge < -0.3 is 15.4 Å². The van der Waals surface area contributed by atoms with Crippen molar-refractivity contribution in [3.8, 4) is 0 Å². The van der Waals surface area contributed by atoms with E-state index in [9.17, 15) is 4.79 Å². The molecule has 0 aromatic heterocycles. The Morgan fingerprint density at radius 1 is 1.47 bits per heavy atom. The SMILES string of the molecule is COC(=O)C(N)(CN(C)C1CCCN(C)C1)C1CC1. The highest BCUT2D eigenvalue weighted by Crippen LogP contribution is 2.39. The summed E-state index contributed by atoms with van der Waals surface area (Å²) in [5.41, 5.74) is 5.55. The Morgan fingerprint density at radius 2 is 2.16 bits per heavy atom. The highest BCUT2D eigenvalue weighted by atomic mass is 16.5. The Labute approximate surface area is 116 Å². The quantitative estimate of drug-likeness (QED) is 0.727. The first kappa shape index (κ1) is 14.8. The molecule has 5 heteroatoms. The molecule has 0 bridgehead atoms. The average Bonchev–Trinajstić information content (AvgIpc) is 3.22. The normalized spacial score (nSPS) is 28.2. The molecule has 2 N–H and O–H groups in total. The van der Waals surface area contributed by atoms with Gasteiger partial charge in [-0.25, -0.2) is 0 Å². The van der Waals surface area contributed by atoms with Gasteiger partial charge in [0.25, 0.3) is 0 Å². The molecule has 0 amide bonds. The van der Waals surface area contributed by atoms with E-state index in [1.54, 1.807) is 0 Å². The zero-order valence-electron chi connectivity index (χ0n) is 12.4. The first-order chi connectivity index (χ1) is 8.97. The summed E-state index contributed by atoms with van der Waals surface area (Å²) >= 11 is 0. The summed E-state index contributed by atoms with van der Waals surface area (Å²) in [6.07, 6.45) is 4.49. The molecule has 110 valence electrons. The number of rotatable bonds is 5. The molecule has 1 saturated carbocycles. The molecule has 19 heavy (non-hydrogen) atoms. The zero-order chi connectivity index (χ0) is 14.0. The zero-order valence-corrected chi connectivity index (χ0v) is 12.4. The van der Waals surface area contributed by atoms with Gasteiger partial charge in [-0.1, -0.05) is 0 Å². The maximum Gasteiger partial charge on any atom is 0.327 e. The second-order valence-electron chi connectivity index (χ2n) is 6.28. The maximum absolute atomic E-state index is 12.0. The van der Waals surface area contributed by atoms with Crippen molar-refractivity contribution < 1.29 is 9.53 Å². The molecule has 0 aromatic carbocycles. The van der Waals surface area contributed by atoms with Crippen LogP contribution < -0.4 is 5.73 Å². The molecule has 2 aliphatic rings. The van der Waals surface area contributed by atoms with E-state index in [0.717, 1.165) is 25.9 Å². The fraction of sp³-hybridized carbons (Fsp3) is 0.929. The standard InChI is InChI=1S/C14H27N3O2/c1-16-8-4-5-12(9-16)17(2)10-14(15,11-6-7-11)13(18)19-3/h11-12H,4-10,15H2,1-3H3.